The van der Waals surface area contributed by atoms with Gasteiger partial charge in [-0.2, -0.15) is 10.1 Å². The van der Waals surface area contributed by atoms with E-state index < -0.39 is 6.09 Å². The molecule has 3 aromatic rings. The normalized spacial score (nSPS) is 16.8. The summed E-state index contributed by atoms with van der Waals surface area (Å²) >= 11 is 0. The van der Waals surface area contributed by atoms with Crippen molar-refractivity contribution in [3.8, 4) is 11.3 Å². The first-order valence-corrected chi connectivity index (χ1v) is 9.99. The number of rotatable bonds is 4. The van der Waals surface area contributed by atoms with Crippen molar-refractivity contribution in [3.63, 3.8) is 0 Å². The molecule has 4 rings (SSSR count). The molecule has 2 aromatic heterocycles. The van der Waals surface area contributed by atoms with E-state index in [0.717, 1.165) is 41.7 Å². The fourth-order valence-electron chi connectivity index (χ4n) is 3.68. The van der Waals surface area contributed by atoms with Gasteiger partial charge >= 0.3 is 6.09 Å². The number of hydrogen-bond donors (Lipinski definition) is 4. The Morgan fingerprint density at radius 3 is 2.93 bits per heavy atom. The van der Waals surface area contributed by atoms with Crippen molar-refractivity contribution in [2.75, 3.05) is 29.5 Å². The number of ether oxygens (including phenoxy) is 1. The molecule has 0 bridgehead atoms. The number of fused-ring (bicyclic) bond motifs is 1. The van der Waals surface area contributed by atoms with Crippen molar-refractivity contribution >= 4 is 34.6 Å². The number of aromatic nitrogens is 4. The quantitative estimate of drug-likeness (QED) is 0.512. The Morgan fingerprint density at radius 2 is 2.13 bits per heavy atom. The van der Waals surface area contributed by atoms with Crippen LogP contribution in [0.3, 0.4) is 0 Å². The highest BCUT2D eigenvalue weighted by Crippen LogP contribution is 2.28. The first-order chi connectivity index (χ1) is 14.4. The summed E-state index contributed by atoms with van der Waals surface area (Å²) in [5, 5.41) is 10.7. The van der Waals surface area contributed by atoms with Crippen LogP contribution in [0, 0.1) is 0 Å². The average Bonchev–Trinajstić information content (AvgIpc) is 3.07. The van der Waals surface area contributed by atoms with E-state index in [0.29, 0.717) is 18.1 Å². The molecular weight excluding hydrogens is 384 g/mol. The lowest BCUT2D eigenvalue weighted by Gasteiger charge is -2.34. The third-order valence-corrected chi connectivity index (χ3v) is 5.03. The van der Waals surface area contributed by atoms with Crippen molar-refractivity contribution in [1.82, 2.24) is 25.5 Å². The van der Waals surface area contributed by atoms with Gasteiger partial charge in [-0.1, -0.05) is 6.07 Å². The van der Waals surface area contributed by atoms with Gasteiger partial charge in [-0.25, -0.2) is 9.78 Å². The number of nitrogens with one attached hydrogen (secondary N) is 2. The molecule has 1 aliphatic rings. The predicted octanol–water partition coefficient (Wildman–Crippen LogP) is 2.29. The molecule has 0 aliphatic carbocycles. The number of aromatic amines is 1. The molecule has 0 saturated carbocycles. The average molecular weight is 410 g/mol. The number of carbonyl (C=O) groups excluding carboxylic acids is 1. The number of amides is 1. The number of carbonyl (C=O) groups is 1. The van der Waals surface area contributed by atoms with Crippen LogP contribution in [0.2, 0.25) is 0 Å². The molecule has 3 heterocycles. The Hall–Kier alpha value is -3.56. The SMILES string of the molecule is CC(C)OC(=O)N[C@@H]1CCCN(c2cc(-c3ccc4c(N)n[nH]c4c3)nc(N)n2)C1. The molecule has 1 saturated heterocycles. The first kappa shape index (κ1) is 19.7. The minimum atomic E-state index is -0.396. The molecule has 10 nitrogen and oxygen atoms in total. The molecule has 1 aromatic carbocycles. The third kappa shape index (κ3) is 4.22. The van der Waals surface area contributed by atoms with Crippen LogP contribution in [0.25, 0.3) is 22.2 Å². The third-order valence-electron chi connectivity index (χ3n) is 5.03. The van der Waals surface area contributed by atoms with Gasteiger partial charge in [0, 0.05) is 36.1 Å². The van der Waals surface area contributed by atoms with E-state index in [1.54, 1.807) is 0 Å². The summed E-state index contributed by atoms with van der Waals surface area (Å²) in [5.74, 6) is 1.38. The van der Waals surface area contributed by atoms with E-state index in [9.17, 15) is 4.79 Å². The largest absolute Gasteiger partial charge is 0.447 e. The zero-order valence-corrected chi connectivity index (χ0v) is 17.1. The minimum absolute atomic E-state index is 0.0195. The van der Waals surface area contributed by atoms with Crippen LogP contribution in [0.5, 0.6) is 0 Å². The molecule has 0 radical (unpaired) electrons. The van der Waals surface area contributed by atoms with Crippen LogP contribution in [0.1, 0.15) is 26.7 Å². The van der Waals surface area contributed by atoms with Crippen molar-refractivity contribution in [2.45, 2.75) is 38.8 Å². The van der Waals surface area contributed by atoms with Crippen LogP contribution >= 0.6 is 0 Å². The van der Waals surface area contributed by atoms with Gasteiger partial charge in [-0.3, -0.25) is 5.10 Å². The van der Waals surface area contributed by atoms with Crippen LogP contribution in [-0.4, -0.2) is 51.5 Å². The number of anilines is 3. The molecule has 6 N–H and O–H groups in total. The molecule has 1 amide bonds. The summed E-state index contributed by atoms with van der Waals surface area (Å²) in [6.45, 7) is 5.10. The van der Waals surface area contributed by atoms with E-state index in [1.807, 2.05) is 38.1 Å². The summed E-state index contributed by atoms with van der Waals surface area (Å²) in [7, 11) is 0. The monoisotopic (exact) mass is 410 g/mol. The second-order valence-corrected chi connectivity index (χ2v) is 7.72. The lowest BCUT2D eigenvalue weighted by Crippen LogP contribution is -2.48. The highest BCUT2D eigenvalue weighted by molar-refractivity contribution is 5.91. The maximum absolute atomic E-state index is 12.0. The highest BCUT2D eigenvalue weighted by Gasteiger charge is 2.24. The Labute approximate surface area is 174 Å². The summed E-state index contributed by atoms with van der Waals surface area (Å²) in [6.07, 6.45) is 1.25. The summed E-state index contributed by atoms with van der Waals surface area (Å²) < 4.78 is 5.20. The Bertz CT molecular complexity index is 1060. The maximum atomic E-state index is 12.0. The smallest absolute Gasteiger partial charge is 0.407 e. The molecule has 1 fully saturated rings. The Kier molecular flexibility index (Phi) is 5.30. The van der Waals surface area contributed by atoms with Crippen molar-refractivity contribution < 1.29 is 9.53 Å². The van der Waals surface area contributed by atoms with E-state index >= 15 is 0 Å². The molecule has 0 unspecified atom stereocenters. The van der Waals surface area contributed by atoms with Gasteiger partial charge in [0.2, 0.25) is 5.95 Å². The van der Waals surface area contributed by atoms with Crippen molar-refractivity contribution in [1.29, 1.82) is 0 Å². The molecule has 1 aliphatic heterocycles. The standard InChI is InChI=1S/C20H26N8O2/c1-11(2)30-20(29)23-13-4-3-7-28(10-13)17-9-15(24-19(22)25-17)12-5-6-14-16(8-12)26-27-18(14)21/h5-6,8-9,11,13H,3-4,7,10H2,1-2H3,(H,23,29)(H3,21,26,27)(H2,22,24,25)/t13-/m1/s1. The fourth-order valence-corrected chi connectivity index (χ4v) is 3.68. The fraction of sp³-hybridized carbons (Fsp3) is 0.400. The lowest BCUT2D eigenvalue weighted by atomic mass is 10.1. The number of benzene rings is 1. The molecule has 10 heteroatoms. The summed E-state index contributed by atoms with van der Waals surface area (Å²) in [4.78, 5) is 22.9. The van der Waals surface area contributed by atoms with E-state index in [-0.39, 0.29) is 18.1 Å². The number of alkyl carbamates (subject to hydrolysis) is 1. The second kappa shape index (κ2) is 8.05. The minimum Gasteiger partial charge on any atom is -0.447 e. The van der Waals surface area contributed by atoms with Gasteiger partial charge in [0.05, 0.1) is 17.3 Å². The molecule has 30 heavy (non-hydrogen) atoms. The van der Waals surface area contributed by atoms with Crippen LogP contribution in [0.4, 0.5) is 22.4 Å². The van der Waals surface area contributed by atoms with Gasteiger partial charge in [0.1, 0.15) is 5.82 Å². The lowest BCUT2D eigenvalue weighted by molar-refractivity contribution is 0.111. The van der Waals surface area contributed by atoms with Gasteiger partial charge in [-0.05, 0) is 38.8 Å². The topological polar surface area (TPSA) is 148 Å². The Balaban J connectivity index is 1.55. The van der Waals surface area contributed by atoms with Gasteiger partial charge < -0.3 is 26.4 Å². The zero-order valence-electron chi connectivity index (χ0n) is 17.1. The molecule has 0 spiro atoms. The van der Waals surface area contributed by atoms with Crippen LogP contribution in [-0.2, 0) is 4.74 Å². The second-order valence-electron chi connectivity index (χ2n) is 7.72. The van der Waals surface area contributed by atoms with Gasteiger partial charge in [0.25, 0.3) is 0 Å². The van der Waals surface area contributed by atoms with Crippen LogP contribution < -0.4 is 21.7 Å². The van der Waals surface area contributed by atoms with Gasteiger partial charge in [0.15, 0.2) is 5.82 Å². The summed E-state index contributed by atoms with van der Waals surface area (Å²) in [6, 6.07) is 7.66. The zero-order chi connectivity index (χ0) is 21.3. The highest BCUT2D eigenvalue weighted by atomic mass is 16.6. The molecule has 1 atom stereocenters. The van der Waals surface area contributed by atoms with Crippen molar-refractivity contribution in [3.05, 3.63) is 24.3 Å². The van der Waals surface area contributed by atoms with E-state index in [1.165, 1.54) is 0 Å². The first-order valence-electron chi connectivity index (χ1n) is 9.99. The number of nitrogen functional groups attached to an aromatic ring is 2. The number of piperidine rings is 1. The van der Waals surface area contributed by atoms with Crippen LogP contribution in [0.15, 0.2) is 24.3 Å². The number of H-pyrrole nitrogens is 1. The summed E-state index contributed by atoms with van der Waals surface area (Å²) in [5.41, 5.74) is 14.3. The van der Waals surface area contributed by atoms with E-state index in [4.69, 9.17) is 16.2 Å². The Morgan fingerprint density at radius 1 is 1.30 bits per heavy atom. The maximum Gasteiger partial charge on any atom is 0.407 e. The van der Waals surface area contributed by atoms with Crippen molar-refractivity contribution in [2.24, 2.45) is 0 Å². The molecule has 158 valence electrons. The van der Waals surface area contributed by atoms with E-state index in [2.05, 4.69) is 30.4 Å². The predicted molar refractivity (Wildman–Crippen MR) is 116 cm³/mol. The molecular formula is C20H26N8O2. The number of hydrogen-bond acceptors (Lipinski definition) is 8. The van der Waals surface area contributed by atoms with Gasteiger partial charge in [-0.15, -0.1) is 0 Å². The number of nitrogens with two attached hydrogens (primary N) is 2. The number of nitrogens with zero attached hydrogens (tertiary/aromatic N) is 4.